The Kier molecular flexibility index (Phi) is 3.27. The van der Waals surface area contributed by atoms with Crippen molar-refractivity contribution < 1.29 is 9.34 Å². The minimum absolute atomic E-state index is 0.0553. The van der Waals surface area contributed by atoms with E-state index in [0.29, 0.717) is 18.1 Å². The van der Waals surface area contributed by atoms with E-state index in [2.05, 4.69) is 10.3 Å². The summed E-state index contributed by atoms with van der Waals surface area (Å²) < 4.78 is 5.41. The first-order chi connectivity index (χ1) is 8.56. The molecule has 0 aliphatic heterocycles. The third kappa shape index (κ3) is 2.65. The molecule has 0 saturated carbocycles. The van der Waals surface area contributed by atoms with Crippen LogP contribution in [0.2, 0.25) is 0 Å². The number of nitrogens with one attached hydrogen (secondary N) is 1. The molecule has 1 heterocycles. The van der Waals surface area contributed by atoms with Crippen molar-refractivity contribution in [3.8, 4) is 0 Å². The van der Waals surface area contributed by atoms with Gasteiger partial charge >= 0.3 is 0 Å². The van der Waals surface area contributed by atoms with E-state index >= 15 is 0 Å². The van der Waals surface area contributed by atoms with E-state index in [0.717, 1.165) is 11.5 Å². The molecule has 0 spiro atoms. The van der Waals surface area contributed by atoms with Gasteiger partial charge in [-0.15, -0.1) is 0 Å². The molecule has 94 valence electrons. The van der Waals surface area contributed by atoms with Crippen molar-refractivity contribution in [1.29, 1.82) is 0 Å². The monoisotopic (exact) mass is 247 g/mol. The van der Waals surface area contributed by atoms with Crippen LogP contribution < -0.4 is 5.32 Å². The summed E-state index contributed by atoms with van der Waals surface area (Å²) in [5, 5.41) is 13.7. The van der Waals surface area contributed by atoms with Gasteiger partial charge in [0.25, 0.3) is 5.69 Å². The van der Waals surface area contributed by atoms with Gasteiger partial charge in [0, 0.05) is 17.8 Å². The molecule has 1 aromatic heterocycles. The molecule has 0 fully saturated rings. The first-order valence-corrected chi connectivity index (χ1v) is 5.47. The second-order valence-corrected chi connectivity index (χ2v) is 3.91. The van der Waals surface area contributed by atoms with Crippen molar-refractivity contribution in [2.75, 3.05) is 5.32 Å². The number of aromatic nitrogens is 1. The predicted molar refractivity (Wildman–Crippen MR) is 66.4 cm³/mol. The third-order valence-electron chi connectivity index (χ3n) is 2.57. The van der Waals surface area contributed by atoms with E-state index in [1.54, 1.807) is 12.1 Å². The zero-order valence-corrected chi connectivity index (χ0v) is 10.1. The lowest BCUT2D eigenvalue weighted by Gasteiger charge is -2.02. The summed E-state index contributed by atoms with van der Waals surface area (Å²) in [6.07, 6.45) is 0. The molecule has 6 heteroatoms. The molecular formula is C12H13N3O3. The summed E-state index contributed by atoms with van der Waals surface area (Å²) >= 11 is 0. The average molecular weight is 247 g/mol. The van der Waals surface area contributed by atoms with Crippen LogP contribution in [0.1, 0.15) is 17.3 Å². The van der Waals surface area contributed by atoms with Gasteiger partial charge < -0.3 is 9.73 Å². The van der Waals surface area contributed by atoms with Gasteiger partial charge in [-0.2, -0.15) is 0 Å². The minimum Gasteiger partial charge on any atom is -0.444 e. The fourth-order valence-electron chi connectivity index (χ4n) is 1.52. The minimum atomic E-state index is -0.426. The van der Waals surface area contributed by atoms with Crippen molar-refractivity contribution in [3.05, 3.63) is 51.7 Å². The summed E-state index contributed by atoms with van der Waals surface area (Å²) in [5.41, 5.74) is 1.57. The van der Waals surface area contributed by atoms with Gasteiger partial charge in [-0.25, -0.2) is 4.98 Å². The number of aryl methyl sites for hydroxylation is 2. The van der Waals surface area contributed by atoms with Crippen LogP contribution in [-0.4, -0.2) is 9.91 Å². The Hall–Kier alpha value is -2.37. The van der Waals surface area contributed by atoms with Crippen LogP contribution in [0, 0.1) is 24.0 Å². The molecule has 2 rings (SSSR count). The molecule has 0 radical (unpaired) electrons. The average Bonchev–Trinajstić information content (AvgIpc) is 2.67. The first-order valence-electron chi connectivity index (χ1n) is 5.47. The highest BCUT2D eigenvalue weighted by atomic mass is 16.6. The predicted octanol–water partition coefficient (Wildman–Crippen LogP) is 2.81. The maximum atomic E-state index is 10.6. The Morgan fingerprint density at radius 3 is 2.83 bits per heavy atom. The summed E-state index contributed by atoms with van der Waals surface area (Å²) in [7, 11) is 0. The highest BCUT2D eigenvalue weighted by Gasteiger charge is 2.07. The zero-order chi connectivity index (χ0) is 13.1. The molecule has 0 amide bonds. The molecule has 1 N–H and O–H groups in total. The van der Waals surface area contributed by atoms with Crippen molar-refractivity contribution in [2.24, 2.45) is 0 Å². The lowest BCUT2D eigenvalue weighted by molar-refractivity contribution is -0.384. The molecule has 0 saturated heterocycles. The second kappa shape index (κ2) is 4.87. The Balaban J connectivity index is 2.06. The van der Waals surface area contributed by atoms with Gasteiger partial charge in [-0.1, -0.05) is 6.07 Å². The second-order valence-electron chi connectivity index (χ2n) is 3.91. The highest BCUT2D eigenvalue weighted by molar-refractivity contribution is 5.50. The summed E-state index contributed by atoms with van der Waals surface area (Å²) in [6, 6.07) is 6.31. The van der Waals surface area contributed by atoms with Gasteiger partial charge in [-0.3, -0.25) is 10.1 Å². The number of non-ortho nitro benzene ring substituents is 1. The Bertz CT molecular complexity index is 558. The van der Waals surface area contributed by atoms with Gasteiger partial charge in [0.15, 0.2) is 0 Å². The first kappa shape index (κ1) is 12.1. The lowest BCUT2D eigenvalue weighted by Crippen LogP contribution is -2.00. The third-order valence-corrected chi connectivity index (χ3v) is 2.57. The van der Waals surface area contributed by atoms with Gasteiger partial charge in [0.1, 0.15) is 5.76 Å². The number of anilines is 1. The lowest BCUT2D eigenvalue weighted by atomic mass is 10.3. The molecule has 6 nitrogen and oxygen atoms in total. The topological polar surface area (TPSA) is 81.2 Å². The largest absolute Gasteiger partial charge is 0.444 e. The number of benzene rings is 1. The number of nitro benzene ring substituents is 1. The molecule has 18 heavy (non-hydrogen) atoms. The number of nitro groups is 1. The van der Waals surface area contributed by atoms with E-state index in [1.165, 1.54) is 12.1 Å². The number of hydrogen-bond acceptors (Lipinski definition) is 5. The normalized spacial score (nSPS) is 10.3. The fourth-order valence-corrected chi connectivity index (χ4v) is 1.52. The van der Waals surface area contributed by atoms with Crippen molar-refractivity contribution in [3.63, 3.8) is 0 Å². The van der Waals surface area contributed by atoms with E-state index in [1.807, 2.05) is 13.8 Å². The van der Waals surface area contributed by atoms with Crippen LogP contribution in [0.3, 0.4) is 0 Å². The van der Waals surface area contributed by atoms with Crippen molar-refractivity contribution in [1.82, 2.24) is 4.98 Å². The molecule has 0 bridgehead atoms. The van der Waals surface area contributed by atoms with Crippen LogP contribution in [0.15, 0.2) is 28.7 Å². The van der Waals surface area contributed by atoms with Crippen molar-refractivity contribution >= 4 is 11.4 Å². The molecule has 0 atom stereocenters. The summed E-state index contributed by atoms with van der Waals surface area (Å²) in [5.74, 6) is 1.35. The quantitative estimate of drug-likeness (QED) is 0.663. The summed E-state index contributed by atoms with van der Waals surface area (Å²) in [4.78, 5) is 14.4. The summed E-state index contributed by atoms with van der Waals surface area (Å²) in [6.45, 7) is 4.12. The SMILES string of the molecule is Cc1nc(CNc2cccc([N+](=O)[O-])c2)oc1C. The van der Waals surface area contributed by atoms with E-state index < -0.39 is 4.92 Å². The number of hydrogen-bond donors (Lipinski definition) is 1. The van der Waals surface area contributed by atoms with Gasteiger partial charge in [-0.05, 0) is 19.9 Å². The number of nitrogens with zero attached hydrogens (tertiary/aromatic N) is 2. The zero-order valence-electron chi connectivity index (χ0n) is 10.1. The van der Waals surface area contributed by atoms with Crippen LogP contribution in [-0.2, 0) is 6.54 Å². The molecule has 0 unspecified atom stereocenters. The van der Waals surface area contributed by atoms with Crippen LogP contribution in [0.25, 0.3) is 0 Å². The Morgan fingerprint density at radius 2 is 2.22 bits per heavy atom. The molecule has 2 aromatic rings. The smallest absolute Gasteiger partial charge is 0.271 e. The number of oxazole rings is 1. The van der Waals surface area contributed by atoms with Gasteiger partial charge in [0.2, 0.25) is 5.89 Å². The van der Waals surface area contributed by atoms with E-state index in [9.17, 15) is 10.1 Å². The fraction of sp³-hybridized carbons (Fsp3) is 0.250. The van der Waals surface area contributed by atoms with Crippen molar-refractivity contribution in [2.45, 2.75) is 20.4 Å². The van der Waals surface area contributed by atoms with Crippen LogP contribution in [0.4, 0.5) is 11.4 Å². The van der Waals surface area contributed by atoms with Crippen LogP contribution >= 0.6 is 0 Å². The maximum absolute atomic E-state index is 10.6. The molecular weight excluding hydrogens is 234 g/mol. The van der Waals surface area contributed by atoms with Crippen LogP contribution in [0.5, 0.6) is 0 Å². The molecule has 0 aliphatic rings. The standard InChI is InChI=1S/C12H13N3O3/c1-8-9(2)18-12(14-8)7-13-10-4-3-5-11(6-10)15(16)17/h3-6,13H,7H2,1-2H3. The molecule has 1 aromatic carbocycles. The number of rotatable bonds is 4. The Labute approximate surface area is 104 Å². The van der Waals surface area contributed by atoms with Gasteiger partial charge in [0.05, 0.1) is 17.2 Å². The highest BCUT2D eigenvalue weighted by Crippen LogP contribution is 2.18. The van der Waals surface area contributed by atoms with E-state index in [4.69, 9.17) is 4.42 Å². The van der Waals surface area contributed by atoms with E-state index in [-0.39, 0.29) is 5.69 Å². The Morgan fingerprint density at radius 1 is 1.44 bits per heavy atom. The maximum Gasteiger partial charge on any atom is 0.271 e. The molecule has 0 aliphatic carbocycles.